The van der Waals surface area contributed by atoms with Gasteiger partial charge >= 0.3 is 12.1 Å². The Labute approximate surface area is 122 Å². The van der Waals surface area contributed by atoms with Crippen LogP contribution in [-0.2, 0) is 22.4 Å². The molecule has 6 heteroatoms. The lowest BCUT2D eigenvalue weighted by molar-refractivity contribution is -0.144. The maximum absolute atomic E-state index is 13.2. The average Bonchev–Trinajstić information content (AvgIpc) is 2.64. The molecule has 2 N–H and O–H groups in total. The molecule has 0 bridgehead atoms. The van der Waals surface area contributed by atoms with Crippen LogP contribution in [0.1, 0.15) is 31.9 Å². The highest BCUT2D eigenvalue weighted by Crippen LogP contribution is 2.31. The van der Waals surface area contributed by atoms with Crippen molar-refractivity contribution in [2.75, 3.05) is 0 Å². The zero-order valence-corrected chi connectivity index (χ0v) is 12.2. The van der Waals surface area contributed by atoms with Gasteiger partial charge in [0.15, 0.2) is 0 Å². The van der Waals surface area contributed by atoms with Gasteiger partial charge in [-0.1, -0.05) is 6.07 Å². The fourth-order valence-electron chi connectivity index (χ4n) is 2.44. The number of carbonyl (C=O) groups excluding carboxylic acids is 1. The van der Waals surface area contributed by atoms with Gasteiger partial charge in [-0.3, -0.25) is 0 Å². The second kappa shape index (κ2) is 5.02. The Bertz CT molecular complexity index is 594. The van der Waals surface area contributed by atoms with Crippen molar-refractivity contribution in [2.45, 2.75) is 44.8 Å². The molecule has 0 aliphatic heterocycles. The minimum atomic E-state index is -1.49. The molecule has 0 saturated heterocycles. The summed E-state index contributed by atoms with van der Waals surface area (Å²) >= 11 is 0. The summed E-state index contributed by atoms with van der Waals surface area (Å²) in [6.07, 6.45) is -0.649. The molecule has 1 amide bonds. The number of benzene rings is 1. The van der Waals surface area contributed by atoms with E-state index in [1.54, 1.807) is 26.8 Å². The first-order chi connectivity index (χ1) is 9.61. The second-order valence-electron chi connectivity index (χ2n) is 6.28. The average molecular weight is 295 g/mol. The van der Waals surface area contributed by atoms with Gasteiger partial charge in [-0.25, -0.2) is 14.0 Å². The third kappa shape index (κ3) is 3.32. The number of alkyl carbamates (subject to hydrolysis) is 1. The lowest BCUT2D eigenvalue weighted by atomic mass is 9.96. The van der Waals surface area contributed by atoms with Gasteiger partial charge in [0.05, 0.1) is 0 Å². The van der Waals surface area contributed by atoms with Gasteiger partial charge in [0.2, 0.25) is 0 Å². The van der Waals surface area contributed by atoms with Gasteiger partial charge in [-0.2, -0.15) is 0 Å². The summed E-state index contributed by atoms with van der Waals surface area (Å²) in [5.74, 6) is -1.59. The maximum Gasteiger partial charge on any atom is 0.408 e. The number of nitrogens with one attached hydrogen (secondary N) is 1. The third-order valence-corrected chi connectivity index (χ3v) is 3.30. The Hall–Kier alpha value is -2.11. The Morgan fingerprint density at radius 1 is 1.29 bits per heavy atom. The number of amides is 1. The largest absolute Gasteiger partial charge is 0.479 e. The number of hydrogen-bond acceptors (Lipinski definition) is 3. The fourth-order valence-corrected chi connectivity index (χ4v) is 2.44. The molecule has 0 fully saturated rings. The van der Waals surface area contributed by atoms with Gasteiger partial charge in [-0.15, -0.1) is 0 Å². The first-order valence-electron chi connectivity index (χ1n) is 6.63. The second-order valence-corrected chi connectivity index (χ2v) is 6.28. The van der Waals surface area contributed by atoms with Crippen LogP contribution in [0.3, 0.4) is 0 Å². The number of ether oxygens (including phenoxy) is 1. The first kappa shape index (κ1) is 15.3. The molecule has 0 radical (unpaired) electrons. The van der Waals surface area contributed by atoms with Crippen LogP contribution in [0.25, 0.3) is 0 Å². The molecular weight excluding hydrogens is 277 g/mol. The highest BCUT2D eigenvalue weighted by molar-refractivity contribution is 5.86. The number of carboxylic acid groups (broad SMARTS) is 1. The van der Waals surface area contributed by atoms with Crippen molar-refractivity contribution in [1.82, 2.24) is 5.32 Å². The molecule has 21 heavy (non-hydrogen) atoms. The Morgan fingerprint density at radius 3 is 2.48 bits per heavy atom. The monoisotopic (exact) mass is 295 g/mol. The van der Waals surface area contributed by atoms with E-state index in [0.717, 1.165) is 5.56 Å². The standard InChI is InChI=1S/C15H18FNO4/c1-14(2,3)21-13(20)17-15(12(18)19)7-9-4-5-11(16)6-10(9)8-15/h4-6H,7-8H2,1-3H3,(H,17,20)(H,18,19). The molecular formula is C15H18FNO4. The summed E-state index contributed by atoms with van der Waals surface area (Å²) in [4.78, 5) is 23.5. The summed E-state index contributed by atoms with van der Waals surface area (Å²) in [7, 11) is 0. The van der Waals surface area contributed by atoms with Crippen molar-refractivity contribution in [3.8, 4) is 0 Å². The molecule has 0 spiro atoms. The summed E-state index contributed by atoms with van der Waals surface area (Å²) in [5, 5.41) is 11.9. The molecule has 1 unspecified atom stereocenters. The van der Waals surface area contributed by atoms with Gasteiger partial charge in [0.1, 0.15) is 17.0 Å². The van der Waals surface area contributed by atoms with Crippen LogP contribution >= 0.6 is 0 Å². The molecule has 1 aromatic carbocycles. The van der Waals surface area contributed by atoms with E-state index in [1.165, 1.54) is 12.1 Å². The Balaban J connectivity index is 2.22. The molecule has 114 valence electrons. The first-order valence-corrected chi connectivity index (χ1v) is 6.63. The lowest BCUT2D eigenvalue weighted by Gasteiger charge is -2.28. The van der Waals surface area contributed by atoms with Crippen molar-refractivity contribution in [3.63, 3.8) is 0 Å². The predicted octanol–water partition coefficient (Wildman–Crippen LogP) is 2.27. The van der Waals surface area contributed by atoms with E-state index in [0.29, 0.717) is 5.56 Å². The normalized spacial score (nSPS) is 20.8. The van der Waals surface area contributed by atoms with Crippen LogP contribution in [0, 0.1) is 5.82 Å². The fraction of sp³-hybridized carbons (Fsp3) is 0.467. The van der Waals surface area contributed by atoms with Crippen LogP contribution in [-0.4, -0.2) is 28.3 Å². The van der Waals surface area contributed by atoms with Crippen LogP contribution in [0.5, 0.6) is 0 Å². The van der Waals surface area contributed by atoms with E-state index in [4.69, 9.17) is 4.74 Å². The van der Waals surface area contributed by atoms with Crippen molar-refractivity contribution in [2.24, 2.45) is 0 Å². The van der Waals surface area contributed by atoms with E-state index < -0.39 is 29.0 Å². The number of carboxylic acids is 1. The smallest absolute Gasteiger partial charge is 0.408 e. The summed E-state index contributed by atoms with van der Waals surface area (Å²) in [6.45, 7) is 5.08. The highest BCUT2D eigenvalue weighted by Gasteiger charge is 2.46. The van der Waals surface area contributed by atoms with E-state index in [9.17, 15) is 19.1 Å². The van der Waals surface area contributed by atoms with Crippen molar-refractivity contribution in [3.05, 3.63) is 35.1 Å². The quantitative estimate of drug-likeness (QED) is 0.877. The Morgan fingerprint density at radius 2 is 1.90 bits per heavy atom. The maximum atomic E-state index is 13.2. The van der Waals surface area contributed by atoms with E-state index in [1.807, 2.05) is 0 Å². The molecule has 0 heterocycles. The van der Waals surface area contributed by atoms with Crippen LogP contribution in [0.4, 0.5) is 9.18 Å². The molecule has 1 aliphatic carbocycles. The molecule has 0 saturated carbocycles. The molecule has 1 atom stereocenters. The van der Waals surface area contributed by atoms with Crippen LogP contribution < -0.4 is 5.32 Å². The summed E-state index contributed by atoms with van der Waals surface area (Å²) < 4.78 is 18.4. The zero-order valence-electron chi connectivity index (χ0n) is 12.2. The lowest BCUT2D eigenvalue weighted by Crippen LogP contribution is -2.56. The van der Waals surface area contributed by atoms with Crippen LogP contribution in [0.15, 0.2) is 18.2 Å². The molecule has 1 aromatic rings. The SMILES string of the molecule is CC(C)(C)OC(=O)NC1(C(=O)O)Cc2ccc(F)cc2C1. The third-order valence-electron chi connectivity index (χ3n) is 3.30. The van der Waals surface area contributed by atoms with Gasteiger partial charge in [0, 0.05) is 12.8 Å². The summed E-state index contributed by atoms with van der Waals surface area (Å²) in [6, 6.07) is 4.13. The number of halogens is 1. The molecule has 0 aromatic heterocycles. The van der Waals surface area contributed by atoms with E-state index in [-0.39, 0.29) is 12.8 Å². The van der Waals surface area contributed by atoms with Gasteiger partial charge in [-0.05, 0) is 44.0 Å². The molecule has 5 nitrogen and oxygen atoms in total. The number of aliphatic carboxylic acids is 1. The topological polar surface area (TPSA) is 75.6 Å². The van der Waals surface area contributed by atoms with Crippen LogP contribution in [0.2, 0.25) is 0 Å². The van der Waals surface area contributed by atoms with Crippen molar-refractivity contribution in [1.29, 1.82) is 0 Å². The van der Waals surface area contributed by atoms with Gasteiger partial charge < -0.3 is 15.2 Å². The number of carbonyl (C=O) groups is 2. The minimum absolute atomic E-state index is 0.0364. The Kier molecular flexibility index (Phi) is 3.65. The molecule has 2 rings (SSSR count). The number of fused-ring (bicyclic) bond motifs is 1. The van der Waals surface area contributed by atoms with Crippen molar-refractivity contribution >= 4 is 12.1 Å². The van der Waals surface area contributed by atoms with E-state index in [2.05, 4.69) is 5.32 Å². The zero-order chi connectivity index (χ0) is 15.8. The minimum Gasteiger partial charge on any atom is -0.479 e. The number of rotatable bonds is 2. The predicted molar refractivity (Wildman–Crippen MR) is 73.5 cm³/mol. The highest BCUT2D eigenvalue weighted by atomic mass is 19.1. The summed E-state index contributed by atoms with van der Waals surface area (Å²) in [5.41, 5.74) is -0.900. The number of hydrogen-bond donors (Lipinski definition) is 2. The molecule has 1 aliphatic rings. The van der Waals surface area contributed by atoms with E-state index >= 15 is 0 Å². The van der Waals surface area contributed by atoms with Gasteiger partial charge in [0.25, 0.3) is 0 Å². The van der Waals surface area contributed by atoms with Crippen molar-refractivity contribution < 1.29 is 23.8 Å².